The van der Waals surface area contributed by atoms with E-state index in [-0.39, 0.29) is 16.9 Å². The molecular weight excluding hydrogens is 590 g/mol. The number of halogens is 2. The van der Waals surface area contributed by atoms with Gasteiger partial charge in [0.2, 0.25) is 0 Å². The summed E-state index contributed by atoms with van der Waals surface area (Å²) in [7, 11) is 0. The van der Waals surface area contributed by atoms with Gasteiger partial charge in [-0.05, 0) is 84.1 Å². The van der Waals surface area contributed by atoms with E-state index in [1.165, 1.54) is 30.3 Å². The Hall–Kier alpha value is -4.00. The minimum atomic E-state index is -0.679. The second-order valence-electron chi connectivity index (χ2n) is 7.72. The monoisotopic (exact) mass is 605 g/mol. The zero-order valence-corrected chi connectivity index (χ0v) is 21.7. The molecule has 0 bridgehead atoms. The number of fused-ring (bicyclic) bond motifs is 1. The Morgan fingerprint density at radius 3 is 2.42 bits per heavy atom. The van der Waals surface area contributed by atoms with E-state index in [9.17, 15) is 20.2 Å². The van der Waals surface area contributed by atoms with Gasteiger partial charge in [-0.1, -0.05) is 42.5 Å². The van der Waals surface area contributed by atoms with Gasteiger partial charge in [0.15, 0.2) is 0 Å². The third-order valence-corrected chi connectivity index (χ3v) is 6.39. The van der Waals surface area contributed by atoms with Crippen molar-refractivity contribution in [3.05, 3.63) is 115 Å². The summed E-state index contributed by atoms with van der Waals surface area (Å²) >= 11 is 7.01. The second kappa shape index (κ2) is 11.2. The number of benzene rings is 4. The molecule has 0 saturated carbocycles. The van der Waals surface area contributed by atoms with E-state index >= 15 is 0 Å². The van der Waals surface area contributed by atoms with Gasteiger partial charge in [0, 0.05) is 17.8 Å². The van der Waals surface area contributed by atoms with Crippen molar-refractivity contribution in [1.82, 2.24) is 0 Å². The van der Waals surface area contributed by atoms with E-state index in [4.69, 9.17) is 4.74 Å². The fourth-order valence-corrected chi connectivity index (χ4v) is 4.95. The van der Waals surface area contributed by atoms with Gasteiger partial charge >= 0.3 is 0 Å². The van der Waals surface area contributed by atoms with Crippen molar-refractivity contribution < 1.29 is 14.5 Å². The fraction of sp³-hybridized carbons (Fsp3) is 0.0370. The average molecular weight is 607 g/mol. The predicted molar refractivity (Wildman–Crippen MR) is 145 cm³/mol. The molecule has 0 spiro atoms. The number of nitrogens with zero attached hydrogens (tertiary/aromatic N) is 2. The maximum absolute atomic E-state index is 12.6. The summed E-state index contributed by atoms with van der Waals surface area (Å²) in [5.74, 6) is -0.0956. The summed E-state index contributed by atoms with van der Waals surface area (Å²) < 4.78 is 7.31. The molecule has 7 nitrogen and oxygen atoms in total. The molecule has 0 unspecified atom stereocenters. The lowest BCUT2D eigenvalue weighted by molar-refractivity contribution is -0.384. The molecule has 0 fully saturated rings. The summed E-state index contributed by atoms with van der Waals surface area (Å²) in [5.41, 5.74) is 1.49. The van der Waals surface area contributed by atoms with Crippen LogP contribution in [-0.4, -0.2) is 10.8 Å². The van der Waals surface area contributed by atoms with Crippen molar-refractivity contribution in [3.63, 3.8) is 0 Å². The highest BCUT2D eigenvalue weighted by molar-refractivity contribution is 9.11. The van der Waals surface area contributed by atoms with Crippen LogP contribution < -0.4 is 10.1 Å². The van der Waals surface area contributed by atoms with Gasteiger partial charge in [-0.25, -0.2) is 0 Å². The van der Waals surface area contributed by atoms with E-state index in [0.717, 1.165) is 16.3 Å². The molecule has 0 radical (unpaired) electrons. The number of carbonyl (C=O) groups is 1. The summed E-state index contributed by atoms with van der Waals surface area (Å²) in [5, 5.41) is 25.3. The number of anilines is 1. The van der Waals surface area contributed by atoms with Crippen LogP contribution in [-0.2, 0) is 11.4 Å². The van der Waals surface area contributed by atoms with Gasteiger partial charge in [0.1, 0.15) is 24.0 Å². The number of carbonyl (C=O) groups excluding carboxylic acids is 1. The molecule has 4 aromatic rings. The molecule has 4 aromatic carbocycles. The first-order valence-corrected chi connectivity index (χ1v) is 12.2. The minimum Gasteiger partial charge on any atom is -0.487 e. The van der Waals surface area contributed by atoms with Crippen LogP contribution in [0, 0.1) is 21.4 Å². The lowest BCUT2D eigenvalue weighted by Crippen LogP contribution is -2.13. The van der Waals surface area contributed by atoms with Gasteiger partial charge in [-0.15, -0.1) is 0 Å². The van der Waals surface area contributed by atoms with Crippen LogP contribution in [0.25, 0.3) is 16.8 Å². The minimum absolute atomic E-state index is 0.162. The number of amides is 1. The van der Waals surface area contributed by atoms with Crippen molar-refractivity contribution in [2.24, 2.45) is 0 Å². The van der Waals surface area contributed by atoms with Gasteiger partial charge in [0.05, 0.1) is 13.9 Å². The van der Waals surface area contributed by atoms with Crippen LogP contribution in [0.3, 0.4) is 0 Å². The summed E-state index contributed by atoms with van der Waals surface area (Å²) in [6.45, 7) is 0.353. The first-order valence-electron chi connectivity index (χ1n) is 10.6. The highest BCUT2D eigenvalue weighted by atomic mass is 79.9. The quantitative estimate of drug-likeness (QED) is 0.102. The van der Waals surface area contributed by atoms with Crippen molar-refractivity contribution in [1.29, 1.82) is 5.26 Å². The van der Waals surface area contributed by atoms with Crippen molar-refractivity contribution in [2.45, 2.75) is 6.61 Å². The van der Waals surface area contributed by atoms with Gasteiger partial charge in [-0.2, -0.15) is 5.26 Å². The highest BCUT2D eigenvalue weighted by Gasteiger charge is 2.14. The van der Waals surface area contributed by atoms with Gasteiger partial charge in [0.25, 0.3) is 11.6 Å². The highest BCUT2D eigenvalue weighted by Crippen LogP contribution is 2.36. The first-order chi connectivity index (χ1) is 17.3. The maximum Gasteiger partial charge on any atom is 0.271 e. The Balaban J connectivity index is 1.50. The summed E-state index contributed by atoms with van der Waals surface area (Å²) in [4.78, 5) is 23.0. The Kier molecular flexibility index (Phi) is 7.78. The molecule has 0 atom stereocenters. The largest absolute Gasteiger partial charge is 0.487 e. The molecule has 0 aromatic heterocycles. The van der Waals surface area contributed by atoms with Crippen LogP contribution in [0.2, 0.25) is 0 Å². The number of nitriles is 1. The summed E-state index contributed by atoms with van der Waals surface area (Å²) in [6, 6.07) is 25.1. The van der Waals surface area contributed by atoms with E-state index in [0.29, 0.717) is 26.9 Å². The van der Waals surface area contributed by atoms with Gasteiger partial charge in [-0.3, -0.25) is 14.9 Å². The summed E-state index contributed by atoms with van der Waals surface area (Å²) in [6.07, 6.45) is 1.43. The molecule has 9 heteroatoms. The molecule has 0 heterocycles. The smallest absolute Gasteiger partial charge is 0.271 e. The number of ether oxygens (including phenoxy) is 1. The van der Waals surface area contributed by atoms with Crippen LogP contribution in [0.1, 0.15) is 11.1 Å². The Bertz CT molecular complexity index is 1540. The van der Waals surface area contributed by atoms with Crippen LogP contribution >= 0.6 is 31.9 Å². The zero-order valence-electron chi connectivity index (χ0n) is 18.6. The van der Waals surface area contributed by atoms with Crippen LogP contribution in [0.5, 0.6) is 5.75 Å². The van der Waals surface area contributed by atoms with Crippen molar-refractivity contribution in [3.8, 4) is 11.8 Å². The standard InChI is InChI=1S/C27H17Br2N3O4/c28-24-12-18(11-21(15-30)27(33)31-22-6-3-7-23(14-22)32(34)35)13-25(29)26(24)36-16-17-8-9-19-4-1-2-5-20(19)10-17/h1-14H,16H2,(H,31,33)/b21-11+. The lowest BCUT2D eigenvalue weighted by atomic mass is 10.1. The zero-order chi connectivity index (χ0) is 25.7. The number of hydrogen-bond acceptors (Lipinski definition) is 5. The predicted octanol–water partition coefficient (Wildman–Crippen LogP) is 7.40. The van der Waals surface area contributed by atoms with Gasteiger partial charge < -0.3 is 10.1 Å². The van der Waals surface area contributed by atoms with E-state index in [2.05, 4.69) is 49.3 Å². The molecule has 0 aliphatic carbocycles. The molecule has 0 aliphatic heterocycles. The topological polar surface area (TPSA) is 105 Å². The third kappa shape index (κ3) is 5.97. The number of nitro benzene ring substituents is 1. The number of nitrogens with one attached hydrogen (secondary N) is 1. The van der Waals surface area contributed by atoms with E-state index in [1.807, 2.05) is 36.4 Å². The molecular formula is C27H17Br2N3O4. The molecule has 4 rings (SSSR count). The SMILES string of the molecule is N#C/C(=C\c1cc(Br)c(OCc2ccc3ccccc3c2)c(Br)c1)C(=O)Nc1cccc([N+](=O)[O-])c1. The fourth-order valence-electron chi connectivity index (χ4n) is 3.50. The Morgan fingerprint density at radius 1 is 1.00 bits per heavy atom. The van der Waals surface area contributed by atoms with Crippen LogP contribution in [0.4, 0.5) is 11.4 Å². The molecule has 1 N–H and O–H groups in total. The first kappa shape index (κ1) is 25.1. The van der Waals surface area contributed by atoms with Crippen molar-refractivity contribution in [2.75, 3.05) is 5.32 Å². The average Bonchev–Trinajstić information content (AvgIpc) is 2.86. The number of rotatable bonds is 7. The lowest BCUT2D eigenvalue weighted by Gasteiger charge is -2.12. The molecule has 1 amide bonds. The third-order valence-electron chi connectivity index (χ3n) is 5.21. The number of nitro groups is 1. The van der Waals surface area contributed by atoms with Crippen LogP contribution in [0.15, 0.2) is 93.4 Å². The molecule has 0 saturated heterocycles. The second-order valence-corrected chi connectivity index (χ2v) is 9.42. The Labute approximate surface area is 223 Å². The van der Waals surface area contributed by atoms with E-state index < -0.39 is 10.8 Å². The number of non-ortho nitro benzene ring substituents is 1. The number of hydrogen-bond donors (Lipinski definition) is 1. The molecule has 0 aliphatic rings. The molecule has 178 valence electrons. The Morgan fingerprint density at radius 2 is 1.72 bits per heavy atom. The van der Waals surface area contributed by atoms with E-state index in [1.54, 1.807) is 12.1 Å². The molecule has 36 heavy (non-hydrogen) atoms. The van der Waals surface area contributed by atoms with Crippen molar-refractivity contribution >= 4 is 66.0 Å². The maximum atomic E-state index is 12.6. The normalized spacial score (nSPS) is 11.1.